The molecule has 3 aromatic rings. The summed E-state index contributed by atoms with van der Waals surface area (Å²) in [4.78, 5) is 25.3. The highest BCUT2D eigenvalue weighted by Crippen LogP contribution is 2.22. The summed E-state index contributed by atoms with van der Waals surface area (Å²) in [5, 5.41) is 14.1. The third-order valence-electron chi connectivity index (χ3n) is 3.94. The molecule has 0 bridgehead atoms. The molecule has 0 fully saturated rings. The van der Waals surface area contributed by atoms with E-state index in [1.54, 1.807) is 37.0 Å². The molecule has 0 aliphatic rings. The van der Waals surface area contributed by atoms with Gasteiger partial charge in [-0.3, -0.25) is 19.0 Å². The van der Waals surface area contributed by atoms with Crippen LogP contribution in [0.2, 0.25) is 5.02 Å². The Hall–Kier alpha value is -3.13. The van der Waals surface area contributed by atoms with Crippen molar-refractivity contribution in [2.75, 3.05) is 10.6 Å². The van der Waals surface area contributed by atoms with Crippen LogP contribution in [0.25, 0.3) is 0 Å². The summed E-state index contributed by atoms with van der Waals surface area (Å²) in [6.45, 7) is 4.15. The number of benzene rings is 1. The number of hydrogen-bond acceptors (Lipinski definition) is 4. The summed E-state index contributed by atoms with van der Waals surface area (Å²) in [7, 11) is 1.63. The van der Waals surface area contributed by atoms with Crippen molar-refractivity contribution in [2.24, 2.45) is 7.05 Å². The maximum absolute atomic E-state index is 12.7. The van der Waals surface area contributed by atoms with Gasteiger partial charge in [0.15, 0.2) is 5.69 Å². The minimum atomic E-state index is -0.465. The number of nitrogens with zero attached hydrogens (tertiary/aromatic N) is 4. The Kier molecular flexibility index (Phi) is 5.27. The van der Waals surface area contributed by atoms with Gasteiger partial charge in [-0.25, -0.2) is 0 Å². The van der Waals surface area contributed by atoms with Crippen molar-refractivity contribution in [3.05, 3.63) is 58.6 Å². The van der Waals surface area contributed by atoms with Crippen LogP contribution in [0.5, 0.6) is 0 Å². The van der Waals surface area contributed by atoms with Crippen LogP contribution in [-0.2, 0) is 13.6 Å². The number of hydrogen-bond donors (Lipinski definition) is 2. The first-order valence-electron chi connectivity index (χ1n) is 8.35. The van der Waals surface area contributed by atoms with Crippen LogP contribution in [0.1, 0.15) is 33.6 Å². The van der Waals surface area contributed by atoms with Crippen molar-refractivity contribution in [2.45, 2.75) is 20.4 Å². The lowest BCUT2D eigenvalue weighted by Gasteiger charge is -2.07. The maximum atomic E-state index is 12.7. The lowest BCUT2D eigenvalue weighted by atomic mass is 10.2. The summed E-state index contributed by atoms with van der Waals surface area (Å²) in [5.74, 6) is -0.886. The Morgan fingerprint density at radius 3 is 2.41 bits per heavy atom. The van der Waals surface area contributed by atoms with E-state index in [9.17, 15) is 9.59 Å². The molecule has 1 aromatic carbocycles. The van der Waals surface area contributed by atoms with Gasteiger partial charge in [-0.15, -0.1) is 0 Å². The molecule has 3 rings (SSSR count). The molecule has 0 spiro atoms. The van der Waals surface area contributed by atoms with Crippen molar-refractivity contribution in [1.82, 2.24) is 19.6 Å². The Morgan fingerprint density at radius 1 is 1.11 bits per heavy atom. The van der Waals surface area contributed by atoms with Crippen molar-refractivity contribution < 1.29 is 9.59 Å². The number of carbonyl (C=O) groups excluding carboxylic acids is 2. The number of aromatic nitrogens is 4. The molecule has 9 heteroatoms. The molecule has 2 heterocycles. The van der Waals surface area contributed by atoms with Crippen LogP contribution >= 0.6 is 11.6 Å². The highest BCUT2D eigenvalue weighted by atomic mass is 35.5. The summed E-state index contributed by atoms with van der Waals surface area (Å²) in [6.07, 6.45) is 1.61. The van der Waals surface area contributed by atoms with Crippen molar-refractivity contribution in [3.8, 4) is 0 Å². The fourth-order valence-electron chi connectivity index (χ4n) is 2.61. The van der Waals surface area contributed by atoms with E-state index in [1.165, 1.54) is 4.68 Å². The number of para-hydroxylation sites is 1. The third-order valence-corrected chi connectivity index (χ3v) is 4.40. The molecule has 0 saturated heterocycles. The minimum absolute atomic E-state index is 0.115. The fourth-order valence-corrected chi connectivity index (χ4v) is 2.86. The smallest absolute Gasteiger partial charge is 0.278 e. The fraction of sp³-hybridized carbons (Fsp3) is 0.222. The first-order chi connectivity index (χ1) is 12.9. The van der Waals surface area contributed by atoms with Gasteiger partial charge in [0.1, 0.15) is 5.69 Å². The van der Waals surface area contributed by atoms with Crippen LogP contribution in [0.4, 0.5) is 11.4 Å². The Balaban J connectivity index is 1.88. The van der Waals surface area contributed by atoms with E-state index in [0.29, 0.717) is 23.6 Å². The third kappa shape index (κ3) is 3.85. The van der Waals surface area contributed by atoms with Gasteiger partial charge < -0.3 is 10.6 Å². The van der Waals surface area contributed by atoms with Gasteiger partial charge in [-0.2, -0.15) is 10.2 Å². The average Bonchev–Trinajstić information content (AvgIpc) is 3.16. The second-order valence-corrected chi connectivity index (χ2v) is 6.27. The maximum Gasteiger partial charge on any atom is 0.278 e. The van der Waals surface area contributed by atoms with Gasteiger partial charge in [0.2, 0.25) is 0 Å². The molecular weight excluding hydrogens is 368 g/mol. The van der Waals surface area contributed by atoms with Crippen LogP contribution < -0.4 is 10.6 Å². The van der Waals surface area contributed by atoms with Crippen molar-refractivity contribution >= 4 is 34.8 Å². The SMILES string of the molecule is CCn1cc(NC(=O)c2c(Cl)c(C)nn2C)c(C(=O)Nc2ccccc2)n1. The van der Waals surface area contributed by atoms with Crippen LogP contribution in [0.3, 0.4) is 0 Å². The number of anilines is 2. The molecule has 0 aliphatic carbocycles. The molecule has 0 atom stereocenters. The summed E-state index contributed by atoms with van der Waals surface area (Å²) < 4.78 is 2.98. The average molecular weight is 387 g/mol. The van der Waals surface area contributed by atoms with Gasteiger partial charge in [0, 0.05) is 25.5 Å². The summed E-state index contributed by atoms with van der Waals surface area (Å²) in [5.41, 5.74) is 1.81. The predicted molar refractivity (Wildman–Crippen MR) is 103 cm³/mol. The second-order valence-electron chi connectivity index (χ2n) is 5.89. The molecule has 2 aromatic heterocycles. The van der Waals surface area contributed by atoms with E-state index in [-0.39, 0.29) is 16.4 Å². The second kappa shape index (κ2) is 7.63. The number of carbonyl (C=O) groups is 2. The van der Waals surface area contributed by atoms with Crippen LogP contribution in [0.15, 0.2) is 36.5 Å². The molecule has 0 saturated carbocycles. The highest BCUT2D eigenvalue weighted by Gasteiger charge is 2.23. The number of rotatable bonds is 5. The molecule has 0 radical (unpaired) electrons. The first-order valence-corrected chi connectivity index (χ1v) is 8.72. The highest BCUT2D eigenvalue weighted by molar-refractivity contribution is 6.34. The Labute approximate surface area is 161 Å². The minimum Gasteiger partial charge on any atom is -0.321 e. The van der Waals surface area contributed by atoms with E-state index >= 15 is 0 Å². The zero-order valence-electron chi connectivity index (χ0n) is 15.2. The molecule has 0 aliphatic heterocycles. The number of nitrogens with one attached hydrogen (secondary N) is 2. The van der Waals surface area contributed by atoms with Crippen molar-refractivity contribution in [1.29, 1.82) is 0 Å². The molecule has 8 nitrogen and oxygen atoms in total. The normalized spacial score (nSPS) is 10.7. The number of aryl methyl sites for hydroxylation is 3. The quantitative estimate of drug-likeness (QED) is 0.704. The molecular formula is C18H19ClN6O2. The first kappa shape index (κ1) is 18.7. The molecule has 140 valence electrons. The summed E-state index contributed by atoms with van der Waals surface area (Å²) >= 11 is 6.17. The van der Waals surface area contributed by atoms with E-state index in [1.807, 2.05) is 25.1 Å². The predicted octanol–water partition coefficient (Wildman–Crippen LogP) is 3.10. The zero-order chi connectivity index (χ0) is 19.6. The molecule has 27 heavy (non-hydrogen) atoms. The lowest BCUT2D eigenvalue weighted by Crippen LogP contribution is -2.20. The lowest BCUT2D eigenvalue weighted by molar-refractivity contribution is 0.101. The Morgan fingerprint density at radius 2 is 1.81 bits per heavy atom. The van der Waals surface area contributed by atoms with E-state index in [4.69, 9.17) is 11.6 Å². The zero-order valence-corrected chi connectivity index (χ0v) is 15.9. The summed E-state index contributed by atoms with van der Waals surface area (Å²) in [6, 6.07) is 9.02. The van der Waals surface area contributed by atoms with Gasteiger partial charge in [0.25, 0.3) is 11.8 Å². The van der Waals surface area contributed by atoms with Crippen LogP contribution in [0, 0.1) is 6.92 Å². The number of amides is 2. The van der Waals surface area contributed by atoms with E-state index in [0.717, 1.165) is 0 Å². The van der Waals surface area contributed by atoms with Gasteiger partial charge in [-0.1, -0.05) is 29.8 Å². The monoisotopic (exact) mass is 386 g/mol. The van der Waals surface area contributed by atoms with E-state index in [2.05, 4.69) is 20.8 Å². The standard InChI is InChI=1S/C18H19ClN6O2/c1-4-25-10-13(21-18(27)16-14(19)11(2)22-24(16)3)15(23-25)17(26)20-12-8-6-5-7-9-12/h5-10H,4H2,1-3H3,(H,20,26)(H,21,27). The van der Waals surface area contributed by atoms with Gasteiger partial charge >= 0.3 is 0 Å². The largest absolute Gasteiger partial charge is 0.321 e. The van der Waals surface area contributed by atoms with Gasteiger partial charge in [-0.05, 0) is 26.0 Å². The molecule has 2 N–H and O–H groups in total. The topological polar surface area (TPSA) is 93.8 Å². The number of halogens is 1. The van der Waals surface area contributed by atoms with Crippen molar-refractivity contribution in [3.63, 3.8) is 0 Å². The molecule has 0 unspecified atom stereocenters. The molecule has 2 amide bonds. The van der Waals surface area contributed by atoms with E-state index < -0.39 is 11.8 Å². The Bertz CT molecular complexity index is 993. The van der Waals surface area contributed by atoms with Gasteiger partial charge in [0.05, 0.1) is 16.4 Å². The van der Waals surface area contributed by atoms with Crippen LogP contribution in [-0.4, -0.2) is 31.4 Å².